The summed E-state index contributed by atoms with van der Waals surface area (Å²) < 4.78 is 104. The van der Waals surface area contributed by atoms with Crippen LogP contribution in [0.25, 0.3) is 0 Å². The molecule has 2 N–H and O–H groups in total. The van der Waals surface area contributed by atoms with Crippen LogP contribution in [0.4, 0.5) is 35.1 Å². The summed E-state index contributed by atoms with van der Waals surface area (Å²) in [5.74, 6) is 0. The summed E-state index contributed by atoms with van der Waals surface area (Å²) in [6.45, 7) is -1.74. The van der Waals surface area contributed by atoms with Crippen LogP contribution in [0.3, 0.4) is 0 Å². The van der Waals surface area contributed by atoms with E-state index in [-0.39, 0.29) is 12.8 Å². The molecule has 0 aliphatic heterocycles. The number of hydrogen-bond acceptors (Lipinski definition) is 1. The first kappa shape index (κ1) is 20.4. The van der Waals surface area contributed by atoms with Crippen molar-refractivity contribution in [2.24, 2.45) is 5.73 Å². The lowest BCUT2D eigenvalue weighted by Crippen LogP contribution is -2.46. The van der Waals surface area contributed by atoms with Crippen molar-refractivity contribution in [2.45, 2.75) is 62.5 Å². The first-order valence-electron chi connectivity index (χ1n) is 6.52. The van der Waals surface area contributed by atoms with E-state index in [1.165, 1.54) is 0 Å². The molecule has 1 nitrogen and oxygen atoms in total. The van der Waals surface area contributed by atoms with Crippen LogP contribution in [0.5, 0.6) is 0 Å². The third-order valence-electron chi connectivity index (χ3n) is 3.00. The Balaban J connectivity index is 4.49. The monoisotopic (exact) mass is 329 g/mol. The molecule has 0 fully saturated rings. The Morgan fingerprint density at radius 3 is 1.48 bits per heavy atom. The van der Waals surface area contributed by atoms with Gasteiger partial charge in [-0.25, -0.2) is 30.7 Å². The SMILES string of the molecule is NCC(F)C(F)C(F)C(F)C(F)C(F)C(F)CCCCF. The molecule has 128 valence electrons. The maximum atomic E-state index is 13.3. The highest BCUT2D eigenvalue weighted by Gasteiger charge is 2.45. The van der Waals surface area contributed by atoms with Crippen LogP contribution in [0, 0.1) is 0 Å². The first-order valence-corrected chi connectivity index (χ1v) is 6.52. The number of rotatable bonds is 11. The van der Waals surface area contributed by atoms with Gasteiger partial charge in [0.2, 0.25) is 0 Å². The second-order valence-electron chi connectivity index (χ2n) is 4.67. The van der Waals surface area contributed by atoms with Crippen molar-refractivity contribution < 1.29 is 35.1 Å². The average Bonchev–Trinajstić information content (AvgIpc) is 2.50. The van der Waals surface area contributed by atoms with E-state index in [2.05, 4.69) is 0 Å². The Labute approximate surface area is 117 Å². The van der Waals surface area contributed by atoms with E-state index in [0.29, 0.717) is 0 Å². The fraction of sp³-hybridized carbons (Fsp3) is 1.00. The van der Waals surface area contributed by atoms with E-state index < -0.39 is 62.8 Å². The predicted molar refractivity (Wildman–Crippen MR) is 63.2 cm³/mol. The third-order valence-corrected chi connectivity index (χ3v) is 3.00. The number of nitrogens with two attached hydrogens (primary N) is 1. The van der Waals surface area contributed by atoms with Crippen LogP contribution >= 0.6 is 0 Å². The van der Waals surface area contributed by atoms with E-state index in [1.807, 2.05) is 0 Å². The molecule has 0 aromatic heterocycles. The highest BCUT2D eigenvalue weighted by molar-refractivity contribution is 4.91. The van der Waals surface area contributed by atoms with E-state index in [1.54, 1.807) is 0 Å². The molecule has 0 aromatic rings. The van der Waals surface area contributed by atoms with Gasteiger partial charge in [-0.3, -0.25) is 4.39 Å². The van der Waals surface area contributed by atoms with Gasteiger partial charge in [0.1, 0.15) is 12.3 Å². The van der Waals surface area contributed by atoms with Crippen LogP contribution in [0.1, 0.15) is 19.3 Å². The second kappa shape index (κ2) is 10.2. The Kier molecular flexibility index (Phi) is 9.89. The summed E-state index contributed by atoms with van der Waals surface area (Å²) in [6, 6.07) is 0. The normalized spacial score (nSPS) is 22.1. The maximum Gasteiger partial charge on any atom is 0.168 e. The van der Waals surface area contributed by atoms with Crippen LogP contribution < -0.4 is 5.73 Å². The zero-order valence-corrected chi connectivity index (χ0v) is 11.2. The van der Waals surface area contributed by atoms with Crippen LogP contribution in [-0.2, 0) is 0 Å². The Morgan fingerprint density at radius 2 is 1.05 bits per heavy atom. The van der Waals surface area contributed by atoms with Crippen LogP contribution in [0.2, 0.25) is 0 Å². The molecule has 0 aromatic carbocycles. The molecule has 0 saturated heterocycles. The number of hydrogen-bond donors (Lipinski definition) is 1. The molecule has 9 heteroatoms. The molecule has 0 radical (unpaired) electrons. The molecule has 7 atom stereocenters. The summed E-state index contributed by atoms with van der Waals surface area (Å²) in [6.07, 6.45) is -21.9. The van der Waals surface area contributed by atoms with Gasteiger partial charge in [-0.05, 0) is 19.3 Å². The molecule has 0 aliphatic rings. The lowest BCUT2D eigenvalue weighted by atomic mass is 9.97. The lowest BCUT2D eigenvalue weighted by molar-refractivity contribution is -0.0349. The smallest absolute Gasteiger partial charge is 0.168 e. The van der Waals surface area contributed by atoms with Gasteiger partial charge in [-0.2, -0.15) is 0 Å². The van der Waals surface area contributed by atoms with Gasteiger partial charge in [-0.1, -0.05) is 0 Å². The van der Waals surface area contributed by atoms with E-state index in [9.17, 15) is 35.1 Å². The first-order chi connectivity index (χ1) is 9.77. The number of halogens is 8. The van der Waals surface area contributed by atoms with Gasteiger partial charge < -0.3 is 5.73 Å². The topological polar surface area (TPSA) is 26.0 Å². The zero-order chi connectivity index (χ0) is 16.6. The van der Waals surface area contributed by atoms with Gasteiger partial charge in [0.15, 0.2) is 30.9 Å². The van der Waals surface area contributed by atoms with Crippen molar-refractivity contribution in [1.82, 2.24) is 0 Å². The second-order valence-corrected chi connectivity index (χ2v) is 4.67. The van der Waals surface area contributed by atoms with Crippen molar-refractivity contribution in [1.29, 1.82) is 0 Å². The fourth-order valence-electron chi connectivity index (χ4n) is 1.65. The Hall–Kier alpha value is -0.600. The summed E-state index contributed by atoms with van der Waals surface area (Å²) in [7, 11) is 0. The minimum absolute atomic E-state index is 0.0819. The quantitative estimate of drug-likeness (QED) is 0.456. The predicted octanol–water partition coefficient (Wildman–Crippen LogP) is 3.45. The van der Waals surface area contributed by atoms with Crippen LogP contribution in [0.15, 0.2) is 0 Å². The van der Waals surface area contributed by atoms with E-state index in [0.717, 1.165) is 0 Å². The largest absolute Gasteiger partial charge is 0.328 e. The molecule has 0 amide bonds. The molecular weight excluding hydrogens is 310 g/mol. The summed E-state index contributed by atoms with van der Waals surface area (Å²) in [5, 5.41) is 0. The average molecular weight is 329 g/mol. The molecular formula is C12H19F8N. The maximum absolute atomic E-state index is 13.3. The number of unbranched alkanes of at least 4 members (excludes halogenated alkanes) is 1. The van der Waals surface area contributed by atoms with Crippen molar-refractivity contribution in [2.75, 3.05) is 13.2 Å². The van der Waals surface area contributed by atoms with Crippen molar-refractivity contribution in [3.8, 4) is 0 Å². The van der Waals surface area contributed by atoms with Gasteiger partial charge in [0.25, 0.3) is 0 Å². The van der Waals surface area contributed by atoms with Gasteiger partial charge in [-0.15, -0.1) is 0 Å². The van der Waals surface area contributed by atoms with Crippen LogP contribution in [-0.4, -0.2) is 56.4 Å². The lowest BCUT2D eigenvalue weighted by Gasteiger charge is -2.25. The molecule has 21 heavy (non-hydrogen) atoms. The number of alkyl halides is 8. The molecule has 0 bridgehead atoms. The van der Waals surface area contributed by atoms with Crippen molar-refractivity contribution in [3.63, 3.8) is 0 Å². The molecule has 7 unspecified atom stereocenters. The highest BCUT2D eigenvalue weighted by atomic mass is 19.2. The molecule has 0 saturated carbocycles. The van der Waals surface area contributed by atoms with E-state index in [4.69, 9.17) is 5.73 Å². The Morgan fingerprint density at radius 1 is 0.619 bits per heavy atom. The fourth-order valence-corrected chi connectivity index (χ4v) is 1.65. The Bertz CT molecular complexity index is 270. The van der Waals surface area contributed by atoms with Gasteiger partial charge >= 0.3 is 0 Å². The summed E-state index contributed by atoms with van der Waals surface area (Å²) >= 11 is 0. The van der Waals surface area contributed by atoms with Gasteiger partial charge in [0.05, 0.1) is 6.67 Å². The molecule has 0 aliphatic carbocycles. The summed E-state index contributed by atoms with van der Waals surface area (Å²) in [4.78, 5) is 0. The van der Waals surface area contributed by atoms with Crippen molar-refractivity contribution in [3.05, 3.63) is 0 Å². The zero-order valence-electron chi connectivity index (χ0n) is 11.2. The van der Waals surface area contributed by atoms with E-state index >= 15 is 0 Å². The molecule has 0 heterocycles. The minimum atomic E-state index is -3.36. The van der Waals surface area contributed by atoms with Gasteiger partial charge in [0, 0.05) is 6.54 Å². The third kappa shape index (κ3) is 6.36. The standard InChI is InChI=1S/C12H19F8N/c13-4-2-1-3-6(14)8(16)10(18)12(20)11(19)9(17)7(15)5-21/h6-12H,1-5,21H2. The molecule has 0 rings (SSSR count). The van der Waals surface area contributed by atoms with Crippen molar-refractivity contribution >= 4 is 0 Å². The summed E-state index contributed by atoms with van der Waals surface area (Å²) in [5.41, 5.74) is 4.70. The minimum Gasteiger partial charge on any atom is -0.328 e. The molecule has 0 spiro atoms. The highest BCUT2D eigenvalue weighted by Crippen LogP contribution is 2.27.